The summed E-state index contributed by atoms with van der Waals surface area (Å²) in [4.78, 5) is 18.5. The van der Waals surface area contributed by atoms with E-state index in [0.717, 1.165) is 4.57 Å². The Balaban J connectivity index is 2.23. The second-order valence-electron chi connectivity index (χ2n) is 3.52. The van der Waals surface area contributed by atoms with Gasteiger partial charge < -0.3 is 20.7 Å². The minimum Gasteiger partial charge on any atom is -0.394 e. The van der Waals surface area contributed by atoms with Crippen molar-refractivity contribution >= 4 is 5.95 Å². The van der Waals surface area contributed by atoms with Gasteiger partial charge in [-0.1, -0.05) is 0 Å². The maximum Gasteiger partial charge on any atom is 0.354 e. The lowest BCUT2D eigenvalue weighted by Crippen LogP contribution is -2.28. The molecular weight excluding hydrogens is 216 g/mol. The van der Waals surface area contributed by atoms with E-state index in [1.54, 1.807) is 0 Å². The van der Waals surface area contributed by atoms with Gasteiger partial charge in [-0.25, -0.2) is 9.78 Å². The third-order valence-electron chi connectivity index (χ3n) is 2.44. The van der Waals surface area contributed by atoms with Crippen LogP contribution in [0.5, 0.6) is 0 Å². The number of hydrogen-bond donors (Lipinski definition) is 3. The second-order valence-corrected chi connectivity index (χ2v) is 3.52. The fraction of sp³-hybridized carbons (Fsp3) is 0.625. The van der Waals surface area contributed by atoms with E-state index in [2.05, 4.69) is 9.97 Å². The van der Waals surface area contributed by atoms with E-state index >= 15 is 0 Å². The highest BCUT2D eigenvalue weighted by molar-refractivity contribution is 5.09. The number of ether oxygens (including phenoxy) is 1. The predicted octanol–water partition coefficient (Wildman–Crippen LogP) is -2.14. The van der Waals surface area contributed by atoms with E-state index in [0.29, 0.717) is 0 Å². The Bertz CT molecular complexity index is 434. The molecule has 0 spiro atoms. The number of anilines is 1. The molecule has 88 valence electrons. The van der Waals surface area contributed by atoms with Gasteiger partial charge in [0.15, 0.2) is 0 Å². The molecule has 0 bridgehead atoms. The van der Waals surface area contributed by atoms with Gasteiger partial charge in [-0.05, 0) is 0 Å². The fourth-order valence-electron chi connectivity index (χ4n) is 1.60. The van der Waals surface area contributed by atoms with Gasteiger partial charge in [0.2, 0.25) is 5.95 Å². The van der Waals surface area contributed by atoms with Crippen molar-refractivity contribution < 1.29 is 14.9 Å². The van der Waals surface area contributed by atoms with Crippen LogP contribution in [0, 0.1) is 0 Å². The first-order valence-electron chi connectivity index (χ1n) is 4.77. The molecule has 2 heterocycles. The first kappa shape index (κ1) is 11.0. The molecule has 1 unspecified atom stereocenters. The van der Waals surface area contributed by atoms with Crippen LogP contribution >= 0.6 is 0 Å². The van der Waals surface area contributed by atoms with Crippen molar-refractivity contribution in [3.05, 3.63) is 16.8 Å². The summed E-state index contributed by atoms with van der Waals surface area (Å²) in [7, 11) is 0. The molecule has 1 aromatic heterocycles. The molecule has 1 aliphatic heterocycles. The molecule has 2 rings (SSSR count). The van der Waals surface area contributed by atoms with Crippen molar-refractivity contribution in [2.45, 2.75) is 24.9 Å². The van der Waals surface area contributed by atoms with Crippen molar-refractivity contribution in [3.63, 3.8) is 0 Å². The zero-order chi connectivity index (χ0) is 11.7. The lowest BCUT2D eigenvalue weighted by atomic mass is 10.2. The molecule has 1 fully saturated rings. The van der Waals surface area contributed by atoms with Crippen LogP contribution in [0.15, 0.2) is 11.1 Å². The van der Waals surface area contributed by atoms with Crippen LogP contribution in [-0.2, 0) is 4.74 Å². The molecule has 0 saturated carbocycles. The van der Waals surface area contributed by atoms with E-state index in [1.807, 2.05) is 0 Å². The number of hydrogen-bond acceptors (Lipinski definition) is 7. The Morgan fingerprint density at radius 3 is 3.00 bits per heavy atom. The Morgan fingerprint density at radius 1 is 1.69 bits per heavy atom. The fourth-order valence-corrected chi connectivity index (χ4v) is 1.60. The van der Waals surface area contributed by atoms with E-state index in [-0.39, 0.29) is 19.0 Å². The number of aromatic nitrogens is 3. The average Bonchev–Trinajstić information content (AvgIpc) is 2.59. The van der Waals surface area contributed by atoms with Gasteiger partial charge in [-0.3, -0.25) is 4.57 Å². The maximum atomic E-state index is 11.4. The number of nitrogen functional groups attached to an aromatic ring is 1. The van der Waals surface area contributed by atoms with Crippen LogP contribution in [0.4, 0.5) is 5.95 Å². The highest BCUT2D eigenvalue weighted by atomic mass is 16.5. The van der Waals surface area contributed by atoms with E-state index in [9.17, 15) is 9.90 Å². The topological polar surface area (TPSA) is 123 Å². The molecule has 0 amide bonds. The van der Waals surface area contributed by atoms with Crippen molar-refractivity contribution in [1.82, 2.24) is 14.5 Å². The number of nitrogens with zero attached hydrogens (tertiary/aromatic N) is 3. The van der Waals surface area contributed by atoms with Crippen molar-refractivity contribution in [2.24, 2.45) is 0 Å². The maximum absolute atomic E-state index is 11.4. The molecule has 4 N–H and O–H groups in total. The summed E-state index contributed by atoms with van der Waals surface area (Å²) in [6.45, 7) is -0.303. The first-order chi connectivity index (χ1) is 7.61. The smallest absolute Gasteiger partial charge is 0.354 e. The predicted molar refractivity (Wildman–Crippen MR) is 52.3 cm³/mol. The summed E-state index contributed by atoms with van der Waals surface area (Å²) in [5.41, 5.74) is 4.65. The monoisotopic (exact) mass is 228 g/mol. The van der Waals surface area contributed by atoms with Crippen LogP contribution in [0.1, 0.15) is 12.6 Å². The van der Waals surface area contributed by atoms with E-state index in [4.69, 9.17) is 15.6 Å². The quantitative estimate of drug-likeness (QED) is 0.527. The van der Waals surface area contributed by atoms with Crippen LogP contribution < -0.4 is 11.4 Å². The Hall–Kier alpha value is -1.51. The molecule has 0 aliphatic carbocycles. The van der Waals surface area contributed by atoms with Gasteiger partial charge in [0.25, 0.3) is 0 Å². The summed E-state index contributed by atoms with van der Waals surface area (Å²) >= 11 is 0. The van der Waals surface area contributed by atoms with E-state index < -0.39 is 24.1 Å². The molecule has 0 radical (unpaired) electrons. The standard InChI is InChI=1S/C8H12N4O4/c9-7-10-3-12(8(15)11-7)6-1-4(14)5(2-13)16-6/h3-6,13-14H,1-2H2,(H2,9,11,15)/t4?,5-,6+/m0/s1. The van der Waals surface area contributed by atoms with Gasteiger partial charge in [-0.15, -0.1) is 0 Å². The number of aliphatic hydroxyl groups excluding tert-OH is 2. The molecule has 8 nitrogen and oxygen atoms in total. The lowest BCUT2D eigenvalue weighted by molar-refractivity contribution is -0.0462. The molecule has 16 heavy (non-hydrogen) atoms. The van der Waals surface area contributed by atoms with Crippen molar-refractivity contribution in [1.29, 1.82) is 0 Å². The van der Waals surface area contributed by atoms with Gasteiger partial charge in [0, 0.05) is 6.42 Å². The van der Waals surface area contributed by atoms with Crippen LogP contribution in [0.25, 0.3) is 0 Å². The van der Waals surface area contributed by atoms with Crippen molar-refractivity contribution in [3.8, 4) is 0 Å². The summed E-state index contributed by atoms with van der Waals surface area (Å²) in [6, 6.07) is 0. The Morgan fingerprint density at radius 2 is 2.44 bits per heavy atom. The normalized spacial score (nSPS) is 29.5. The number of aliphatic hydroxyl groups is 2. The van der Waals surface area contributed by atoms with Crippen molar-refractivity contribution in [2.75, 3.05) is 12.3 Å². The SMILES string of the molecule is Nc1ncn([C@H]2CC(O)[C@H](CO)O2)c(=O)n1. The Labute approximate surface area is 90.3 Å². The molecule has 3 atom stereocenters. The van der Waals surface area contributed by atoms with Crippen LogP contribution in [-0.4, -0.2) is 43.6 Å². The lowest BCUT2D eigenvalue weighted by Gasteiger charge is -2.13. The molecule has 0 aromatic carbocycles. The largest absolute Gasteiger partial charge is 0.394 e. The molecule has 1 aromatic rings. The highest BCUT2D eigenvalue weighted by Crippen LogP contribution is 2.26. The van der Waals surface area contributed by atoms with E-state index in [1.165, 1.54) is 6.33 Å². The van der Waals surface area contributed by atoms with Gasteiger partial charge >= 0.3 is 5.69 Å². The van der Waals surface area contributed by atoms with Crippen LogP contribution in [0.2, 0.25) is 0 Å². The Kier molecular flexibility index (Phi) is 2.86. The molecule has 1 aliphatic rings. The minimum atomic E-state index is -0.806. The molecular formula is C8H12N4O4. The number of rotatable bonds is 2. The summed E-state index contributed by atoms with van der Waals surface area (Å²) in [6.07, 6.45) is -0.741. The third kappa shape index (κ3) is 1.90. The van der Waals surface area contributed by atoms with Crippen LogP contribution in [0.3, 0.4) is 0 Å². The zero-order valence-electron chi connectivity index (χ0n) is 8.35. The van der Waals surface area contributed by atoms with Gasteiger partial charge in [0.1, 0.15) is 18.7 Å². The third-order valence-corrected chi connectivity index (χ3v) is 2.44. The van der Waals surface area contributed by atoms with Gasteiger partial charge in [-0.2, -0.15) is 4.98 Å². The zero-order valence-corrected chi connectivity index (χ0v) is 8.35. The average molecular weight is 228 g/mol. The summed E-state index contributed by atoms with van der Waals surface area (Å²) in [5, 5.41) is 18.4. The first-order valence-corrected chi connectivity index (χ1v) is 4.77. The van der Waals surface area contributed by atoms with Gasteiger partial charge in [0.05, 0.1) is 12.7 Å². The highest BCUT2D eigenvalue weighted by Gasteiger charge is 2.35. The number of nitrogens with two attached hydrogens (primary N) is 1. The minimum absolute atomic E-state index is 0.112. The molecule has 8 heteroatoms. The summed E-state index contributed by atoms with van der Waals surface area (Å²) in [5.74, 6) is -0.112. The second kappa shape index (κ2) is 4.16. The summed E-state index contributed by atoms with van der Waals surface area (Å²) < 4.78 is 6.41. The molecule has 1 saturated heterocycles.